The first-order valence-electron chi connectivity index (χ1n) is 4.93. The van der Waals surface area contributed by atoms with Gasteiger partial charge in [0.2, 0.25) is 5.91 Å². The topological polar surface area (TPSA) is 80.4 Å². The average Bonchev–Trinajstić information content (AvgIpc) is 2.25. The number of nitrogens with two attached hydrogens (primary N) is 1. The molecule has 3 N–H and O–H groups in total. The number of amides is 1. The highest BCUT2D eigenvalue weighted by Crippen LogP contribution is 2.24. The van der Waals surface area contributed by atoms with Gasteiger partial charge >= 0.3 is 5.97 Å². The summed E-state index contributed by atoms with van der Waals surface area (Å²) in [6, 6.07) is 6.83. The van der Waals surface area contributed by atoms with Crippen molar-refractivity contribution in [2.45, 2.75) is 6.92 Å². The van der Waals surface area contributed by atoms with Crippen LogP contribution in [0.15, 0.2) is 36.9 Å². The van der Waals surface area contributed by atoms with Gasteiger partial charge in [0.05, 0.1) is 5.57 Å². The highest BCUT2D eigenvalue weighted by molar-refractivity contribution is 6.21. The Balaban J connectivity index is 3.44. The summed E-state index contributed by atoms with van der Waals surface area (Å²) in [5.41, 5.74) is 6.70. The van der Waals surface area contributed by atoms with E-state index in [1.807, 2.05) is 0 Å². The van der Waals surface area contributed by atoms with Gasteiger partial charge in [-0.25, -0.2) is 4.79 Å². The Morgan fingerprint density at radius 2 is 1.82 bits per heavy atom. The summed E-state index contributed by atoms with van der Waals surface area (Å²) < 4.78 is 0. The van der Waals surface area contributed by atoms with Gasteiger partial charge in [-0.1, -0.05) is 36.4 Å². The molecule has 4 nitrogen and oxygen atoms in total. The highest BCUT2D eigenvalue weighted by atomic mass is 16.4. The first kappa shape index (κ1) is 12.7. The van der Waals surface area contributed by atoms with Gasteiger partial charge < -0.3 is 10.8 Å². The summed E-state index contributed by atoms with van der Waals surface area (Å²) >= 11 is 0. The molecule has 1 rings (SSSR count). The van der Waals surface area contributed by atoms with Crippen molar-refractivity contribution in [1.29, 1.82) is 0 Å². The molecule has 0 fully saturated rings. The van der Waals surface area contributed by atoms with Crippen LogP contribution in [0.1, 0.15) is 18.1 Å². The van der Waals surface area contributed by atoms with E-state index in [2.05, 4.69) is 6.58 Å². The molecule has 0 saturated carbocycles. The SMILES string of the molecule is C=C(C)c1ccccc1C(=CC(N)=O)C(=O)O. The molecular weight excluding hydrogens is 218 g/mol. The van der Waals surface area contributed by atoms with Crippen LogP contribution >= 0.6 is 0 Å². The van der Waals surface area contributed by atoms with Crippen molar-refractivity contribution in [3.05, 3.63) is 48.0 Å². The number of hydrogen-bond donors (Lipinski definition) is 2. The van der Waals surface area contributed by atoms with Crippen LogP contribution in [0.3, 0.4) is 0 Å². The van der Waals surface area contributed by atoms with Crippen molar-refractivity contribution in [1.82, 2.24) is 0 Å². The smallest absolute Gasteiger partial charge is 0.336 e. The summed E-state index contributed by atoms with van der Waals surface area (Å²) in [6.45, 7) is 5.54. The fraction of sp³-hybridized carbons (Fsp3) is 0.0769. The monoisotopic (exact) mass is 231 g/mol. The largest absolute Gasteiger partial charge is 0.478 e. The number of rotatable bonds is 4. The van der Waals surface area contributed by atoms with Crippen molar-refractivity contribution >= 4 is 23.0 Å². The van der Waals surface area contributed by atoms with Crippen LogP contribution in [0.2, 0.25) is 0 Å². The van der Waals surface area contributed by atoms with E-state index in [0.717, 1.165) is 11.6 Å². The second-order valence-corrected chi connectivity index (χ2v) is 3.59. The van der Waals surface area contributed by atoms with E-state index in [4.69, 9.17) is 10.8 Å². The molecule has 1 amide bonds. The number of carbonyl (C=O) groups excluding carboxylic acids is 1. The Kier molecular flexibility index (Phi) is 3.82. The number of hydrogen-bond acceptors (Lipinski definition) is 2. The quantitative estimate of drug-likeness (QED) is 0.773. The van der Waals surface area contributed by atoms with Crippen molar-refractivity contribution in [3.63, 3.8) is 0 Å². The first-order valence-corrected chi connectivity index (χ1v) is 4.93. The molecule has 0 saturated heterocycles. The lowest BCUT2D eigenvalue weighted by molar-refractivity contribution is -0.130. The van der Waals surface area contributed by atoms with E-state index in [-0.39, 0.29) is 5.57 Å². The van der Waals surface area contributed by atoms with Crippen LogP contribution < -0.4 is 5.73 Å². The third kappa shape index (κ3) is 3.04. The number of primary amides is 1. The fourth-order valence-electron chi connectivity index (χ4n) is 1.49. The van der Waals surface area contributed by atoms with Crippen LogP contribution in [0, 0.1) is 0 Å². The highest BCUT2D eigenvalue weighted by Gasteiger charge is 2.15. The molecule has 0 aliphatic carbocycles. The number of aliphatic carboxylic acids is 1. The molecular formula is C13H13NO3. The normalized spacial score (nSPS) is 11.0. The number of carbonyl (C=O) groups is 2. The minimum atomic E-state index is -1.20. The first-order chi connectivity index (χ1) is 7.93. The summed E-state index contributed by atoms with van der Waals surface area (Å²) in [6.07, 6.45) is 0.907. The zero-order valence-electron chi connectivity index (χ0n) is 9.43. The molecule has 17 heavy (non-hydrogen) atoms. The molecule has 1 aromatic carbocycles. The van der Waals surface area contributed by atoms with Crippen LogP contribution in [0.25, 0.3) is 11.1 Å². The lowest BCUT2D eigenvalue weighted by Crippen LogP contribution is -2.11. The van der Waals surface area contributed by atoms with E-state index < -0.39 is 11.9 Å². The van der Waals surface area contributed by atoms with Gasteiger partial charge in [-0.3, -0.25) is 4.79 Å². The molecule has 4 heteroatoms. The van der Waals surface area contributed by atoms with Crippen LogP contribution in [0.5, 0.6) is 0 Å². The predicted molar refractivity (Wildman–Crippen MR) is 66.0 cm³/mol. The molecule has 0 atom stereocenters. The number of allylic oxidation sites excluding steroid dienone is 1. The standard InChI is InChI=1S/C13H13NO3/c1-8(2)9-5-3-4-6-10(9)11(13(16)17)7-12(14)15/h3-7H,1H2,2H3,(H2,14,15)(H,16,17). The Hall–Kier alpha value is -2.36. The summed E-state index contributed by atoms with van der Waals surface area (Å²) in [4.78, 5) is 21.9. The van der Waals surface area contributed by atoms with Gasteiger partial charge in [0.1, 0.15) is 0 Å². The number of benzene rings is 1. The van der Waals surface area contributed by atoms with Gasteiger partial charge in [0.15, 0.2) is 0 Å². The second kappa shape index (κ2) is 5.12. The minimum absolute atomic E-state index is 0.129. The Morgan fingerprint density at radius 1 is 1.29 bits per heavy atom. The van der Waals surface area contributed by atoms with E-state index in [9.17, 15) is 9.59 Å². The Labute approximate surface area is 99.1 Å². The van der Waals surface area contributed by atoms with E-state index in [1.54, 1.807) is 31.2 Å². The molecule has 0 unspecified atom stereocenters. The van der Waals surface area contributed by atoms with Crippen molar-refractivity contribution in [3.8, 4) is 0 Å². The minimum Gasteiger partial charge on any atom is -0.478 e. The maximum atomic E-state index is 11.1. The zero-order chi connectivity index (χ0) is 13.0. The Morgan fingerprint density at radius 3 is 2.24 bits per heavy atom. The Bertz CT molecular complexity index is 515. The molecule has 0 bridgehead atoms. The summed E-state index contributed by atoms with van der Waals surface area (Å²) in [7, 11) is 0. The lowest BCUT2D eigenvalue weighted by atomic mass is 9.95. The molecule has 0 aliphatic rings. The maximum absolute atomic E-state index is 11.1. The summed E-state index contributed by atoms with van der Waals surface area (Å²) in [5.74, 6) is -1.99. The van der Waals surface area contributed by atoms with E-state index in [1.165, 1.54) is 0 Å². The van der Waals surface area contributed by atoms with Crippen molar-refractivity contribution < 1.29 is 14.7 Å². The lowest BCUT2D eigenvalue weighted by Gasteiger charge is -2.09. The van der Waals surface area contributed by atoms with Crippen molar-refractivity contribution in [2.24, 2.45) is 5.73 Å². The van der Waals surface area contributed by atoms with Gasteiger partial charge in [0.25, 0.3) is 0 Å². The van der Waals surface area contributed by atoms with E-state index in [0.29, 0.717) is 11.1 Å². The van der Waals surface area contributed by atoms with Gasteiger partial charge in [-0.05, 0) is 18.1 Å². The third-order valence-corrected chi connectivity index (χ3v) is 2.19. The molecule has 0 aromatic heterocycles. The number of carboxylic acids is 1. The van der Waals surface area contributed by atoms with Gasteiger partial charge in [0, 0.05) is 6.08 Å². The molecule has 0 heterocycles. The predicted octanol–water partition coefficient (Wildman–Crippen LogP) is 1.67. The average molecular weight is 231 g/mol. The van der Waals surface area contributed by atoms with Crippen LogP contribution in [-0.2, 0) is 9.59 Å². The number of carboxylic acid groups (broad SMARTS) is 1. The third-order valence-electron chi connectivity index (χ3n) is 2.19. The molecule has 1 aromatic rings. The molecule has 0 radical (unpaired) electrons. The van der Waals surface area contributed by atoms with Gasteiger partial charge in [-0.15, -0.1) is 0 Å². The zero-order valence-corrected chi connectivity index (χ0v) is 9.43. The van der Waals surface area contributed by atoms with Crippen LogP contribution in [0.4, 0.5) is 0 Å². The second-order valence-electron chi connectivity index (χ2n) is 3.59. The molecule has 88 valence electrons. The van der Waals surface area contributed by atoms with Crippen molar-refractivity contribution in [2.75, 3.05) is 0 Å². The summed E-state index contributed by atoms with van der Waals surface area (Å²) in [5, 5.41) is 9.08. The van der Waals surface area contributed by atoms with Crippen LogP contribution in [-0.4, -0.2) is 17.0 Å². The molecule has 0 spiro atoms. The maximum Gasteiger partial charge on any atom is 0.336 e. The molecule has 0 aliphatic heterocycles. The fourth-order valence-corrected chi connectivity index (χ4v) is 1.49. The van der Waals surface area contributed by atoms with Gasteiger partial charge in [-0.2, -0.15) is 0 Å². The van der Waals surface area contributed by atoms with E-state index >= 15 is 0 Å².